The van der Waals surface area contributed by atoms with Crippen molar-refractivity contribution in [3.63, 3.8) is 0 Å². The summed E-state index contributed by atoms with van der Waals surface area (Å²) in [6.07, 6.45) is -5.53. The van der Waals surface area contributed by atoms with E-state index in [2.05, 4.69) is 0 Å². The van der Waals surface area contributed by atoms with E-state index in [0.717, 1.165) is 0 Å². The number of halogens is 3. The van der Waals surface area contributed by atoms with E-state index in [1.165, 1.54) is 30.3 Å². The lowest BCUT2D eigenvalue weighted by atomic mass is 10.1. The van der Waals surface area contributed by atoms with Crippen LogP contribution in [0, 0.1) is 30.3 Å². The smallest absolute Gasteiger partial charge is 0.429 e. The molecule has 26 heavy (non-hydrogen) atoms. The van der Waals surface area contributed by atoms with Crippen molar-refractivity contribution in [2.24, 2.45) is 0 Å². The number of nitro groups is 3. The van der Waals surface area contributed by atoms with Crippen molar-refractivity contribution in [1.29, 1.82) is 0 Å². The summed E-state index contributed by atoms with van der Waals surface area (Å²) in [5.74, 6) is -1.59. The first-order chi connectivity index (χ1) is 12.0. The molecule has 0 aliphatic rings. The molecule has 136 valence electrons. The number of nitro benzene ring substituents is 3. The number of para-hydroxylation sites is 1. The second-order valence-corrected chi connectivity index (χ2v) is 4.65. The van der Waals surface area contributed by atoms with Crippen LogP contribution in [0.5, 0.6) is 11.5 Å². The molecule has 0 amide bonds. The van der Waals surface area contributed by atoms with Crippen LogP contribution < -0.4 is 4.74 Å². The molecule has 0 saturated carbocycles. The maximum absolute atomic E-state index is 13.2. The molecule has 0 radical (unpaired) electrons. The highest BCUT2D eigenvalue weighted by Gasteiger charge is 2.51. The fourth-order valence-corrected chi connectivity index (χ4v) is 2.06. The molecule has 0 atom stereocenters. The van der Waals surface area contributed by atoms with E-state index in [4.69, 9.17) is 4.74 Å². The van der Waals surface area contributed by atoms with Gasteiger partial charge in [-0.25, -0.2) is 0 Å². The Morgan fingerprint density at radius 1 is 0.846 bits per heavy atom. The maximum Gasteiger partial charge on any atom is 0.429 e. The Hall–Kier alpha value is -3.77. The minimum atomic E-state index is -5.53. The van der Waals surface area contributed by atoms with Gasteiger partial charge in [-0.1, -0.05) is 18.2 Å². The Labute approximate surface area is 140 Å². The lowest BCUT2D eigenvalue weighted by molar-refractivity contribution is -0.408. The van der Waals surface area contributed by atoms with Gasteiger partial charge in [-0.05, 0) is 12.1 Å². The van der Waals surface area contributed by atoms with E-state index < -0.39 is 49.3 Å². The lowest BCUT2D eigenvalue weighted by Crippen LogP contribution is -2.14. The van der Waals surface area contributed by atoms with Crippen molar-refractivity contribution < 1.29 is 32.7 Å². The van der Waals surface area contributed by atoms with Crippen molar-refractivity contribution in [2.75, 3.05) is 0 Å². The van der Waals surface area contributed by atoms with E-state index in [9.17, 15) is 43.5 Å². The minimum absolute atomic E-state index is 0.0197. The van der Waals surface area contributed by atoms with Crippen LogP contribution in [0.4, 0.5) is 30.2 Å². The third-order valence-corrected chi connectivity index (χ3v) is 3.04. The molecule has 0 saturated heterocycles. The molecule has 10 nitrogen and oxygen atoms in total. The fourth-order valence-electron chi connectivity index (χ4n) is 2.06. The summed E-state index contributed by atoms with van der Waals surface area (Å²) >= 11 is 0. The summed E-state index contributed by atoms with van der Waals surface area (Å²) in [5, 5.41) is 33.2. The van der Waals surface area contributed by atoms with Gasteiger partial charge in [-0.3, -0.25) is 30.3 Å². The second-order valence-electron chi connectivity index (χ2n) is 4.65. The van der Waals surface area contributed by atoms with E-state index in [1.807, 2.05) is 0 Å². The van der Waals surface area contributed by atoms with Crippen LogP contribution in [0.2, 0.25) is 0 Å². The quantitative estimate of drug-likeness (QED) is 0.564. The average molecular weight is 373 g/mol. The Kier molecular flexibility index (Phi) is 4.73. The summed E-state index contributed by atoms with van der Waals surface area (Å²) in [6.45, 7) is 0. The molecule has 0 aliphatic carbocycles. The average Bonchev–Trinajstić information content (AvgIpc) is 2.53. The monoisotopic (exact) mass is 373 g/mol. The Balaban J connectivity index is 2.93. The van der Waals surface area contributed by atoms with Crippen LogP contribution in [-0.2, 0) is 6.18 Å². The van der Waals surface area contributed by atoms with Crippen molar-refractivity contribution in [1.82, 2.24) is 0 Å². The van der Waals surface area contributed by atoms with E-state index in [-0.39, 0.29) is 11.8 Å². The number of alkyl halides is 3. The van der Waals surface area contributed by atoms with Crippen molar-refractivity contribution in [3.8, 4) is 11.5 Å². The summed E-state index contributed by atoms with van der Waals surface area (Å²) in [5.41, 5.74) is -7.33. The first-order valence-electron chi connectivity index (χ1n) is 6.48. The molecule has 0 spiro atoms. The third-order valence-electron chi connectivity index (χ3n) is 3.04. The van der Waals surface area contributed by atoms with Crippen LogP contribution in [0.15, 0.2) is 36.4 Å². The zero-order valence-electron chi connectivity index (χ0n) is 12.3. The molecule has 0 aliphatic heterocycles. The van der Waals surface area contributed by atoms with Gasteiger partial charge < -0.3 is 4.74 Å². The number of benzene rings is 2. The Morgan fingerprint density at radius 2 is 1.38 bits per heavy atom. The SMILES string of the molecule is O=[N+]([O-])c1cc([N+](=O)[O-])c(C(F)(F)F)c([N+](=O)[O-])c1Oc1ccccc1. The number of hydrogen-bond acceptors (Lipinski definition) is 7. The molecular formula is C13H6F3N3O7. The maximum atomic E-state index is 13.2. The predicted octanol–water partition coefficient (Wildman–Crippen LogP) is 4.22. The highest BCUT2D eigenvalue weighted by atomic mass is 19.4. The molecular weight excluding hydrogens is 367 g/mol. The molecule has 0 unspecified atom stereocenters. The summed E-state index contributed by atoms with van der Waals surface area (Å²) < 4.78 is 44.7. The van der Waals surface area contributed by atoms with Gasteiger partial charge >= 0.3 is 17.6 Å². The third kappa shape index (κ3) is 3.50. The van der Waals surface area contributed by atoms with Gasteiger partial charge in [0.25, 0.3) is 11.4 Å². The minimum Gasteiger partial charge on any atom is -0.444 e. The molecule has 0 heterocycles. The van der Waals surface area contributed by atoms with Gasteiger partial charge in [-0.2, -0.15) is 13.2 Å². The normalized spacial score (nSPS) is 11.0. The van der Waals surface area contributed by atoms with Crippen molar-refractivity contribution >= 4 is 17.1 Å². The zero-order chi connectivity index (χ0) is 19.6. The molecule has 0 fully saturated rings. The van der Waals surface area contributed by atoms with E-state index >= 15 is 0 Å². The Bertz CT molecular complexity index is 900. The van der Waals surface area contributed by atoms with Crippen molar-refractivity contribution in [3.05, 3.63) is 72.3 Å². The molecule has 2 aromatic carbocycles. The molecule has 0 aromatic heterocycles. The van der Waals surface area contributed by atoms with Gasteiger partial charge in [0.05, 0.1) is 20.8 Å². The van der Waals surface area contributed by atoms with Crippen LogP contribution in [0.3, 0.4) is 0 Å². The van der Waals surface area contributed by atoms with Gasteiger partial charge in [0.2, 0.25) is 5.56 Å². The van der Waals surface area contributed by atoms with Gasteiger partial charge in [0.1, 0.15) is 5.75 Å². The molecule has 2 rings (SSSR count). The molecule has 13 heteroatoms. The second kappa shape index (κ2) is 6.62. The predicted molar refractivity (Wildman–Crippen MR) is 77.9 cm³/mol. The fraction of sp³-hybridized carbons (Fsp3) is 0.0769. The van der Waals surface area contributed by atoms with Gasteiger partial charge in [-0.15, -0.1) is 0 Å². The van der Waals surface area contributed by atoms with Gasteiger partial charge in [0, 0.05) is 0 Å². The topological polar surface area (TPSA) is 139 Å². The molecule has 0 bridgehead atoms. The lowest BCUT2D eigenvalue weighted by Gasteiger charge is -2.12. The van der Waals surface area contributed by atoms with E-state index in [0.29, 0.717) is 0 Å². The summed E-state index contributed by atoms with van der Waals surface area (Å²) in [4.78, 5) is 28.7. The first-order valence-corrected chi connectivity index (χ1v) is 6.48. The Morgan fingerprint density at radius 3 is 1.81 bits per heavy atom. The summed E-state index contributed by atoms with van der Waals surface area (Å²) in [7, 11) is 0. The van der Waals surface area contributed by atoms with Crippen LogP contribution >= 0.6 is 0 Å². The number of ether oxygens (including phenoxy) is 1. The highest BCUT2D eigenvalue weighted by molar-refractivity contribution is 5.72. The van der Waals surface area contributed by atoms with Crippen LogP contribution in [-0.4, -0.2) is 14.8 Å². The standard InChI is InChI=1S/C13H6F3N3O7/c14-13(15,16)10-8(17(20)21)6-9(18(22)23)12(11(10)19(24)25)26-7-4-2-1-3-5-7/h1-6H. The number of rotatable bonds is 5. The molecule has 0 N–H and O–H groups in total. The number of nitrogens with zero attached hydrogens (tertiary/aromatic N) is 3. The zero-order valence-corrected chi connectivity index (χ0v) is 12.3. The summed E-state index contributed by atoms with van der Waals surface area (Å²) in [6, 6.07) is 6.57. The molecule has 2 aromatic rings. The van der Waals surface area contributed by atoms with Crippen LogP contribution in [0.1, 0.15) is 5.56 Å². The largest absolute Gasteiger partial charge is 0.444 e. The van der Waals surface area contributed by atoms with Crippen molar-refractivity contribution in [2.45, 2.75) is 6.18 Å². The van der Waals surface area contributed by atoms with Crippen LogP contribution in [0.25, 0.3) is 0 Å². The van der Waals surface area contributed by atoms with E-state index in [1.54, 1.807) is 0 Å². The highest BCUT2D eigenvalue weighted by Crippen LogP contribution is 2.51. The first kappa shape index (κ1) is 18.6. The number of hydrogen-bond donors (Lipinski definition) is 0. The van der Waals surface area contributed by atoms with Gasteiger partial charge in [0.15, 0.2) is 0 Å².